The second kappa shape index (κ2) is 4.34. The third kappa shape index (κ3) is 2.40. The number of hydrogen-bond donors (Lipinski definition) is 1. The van der Waals surface area contributed by atoms with Gasteiger partial charge in [-0.2, -0.15) is 0 Å². The number of piperidine rings is 1. The van der Waals surface area contributed by atoms with E-state index >= 15 is 0 Å². The lowest BCUT2D eigenvalue weighted by Crippen LogP contribution is -2.29. The highest BCUT2D eigenvalue weighted by molar-refractivity contribution is 4.78. The van der Waals surface area contributed by atoms with Crippen LogP contribution in [0.3, 0.4) is 0 Å². The standard InChI is InChI=1S/C8H15NO/c10-8-4-7-9-5-2-1-3-6-9/h4,8,10H,1-3,5-7H2. The highest BCUT2D eigenvalue weighted by atomic mass is 16.2. The molecular formula is C8H15NO. The van der Waals surface area contributed by atoms with Crippen molar-refractivity contribution in [2.45, 2.75) is 19.3 Å². The normalized spacial score (nSPS) is 22.0. The first-order valence-corrected chi connectivity index (χ1v) is 3.95. The fourth-order valence-corrected chi connectivity index (χ4v) is 1.34. The van der Waals surface area contributed by atoms with E-state index in [2.05, 4.69) is 4.90 Å². The van der Waals surface area contributed by atoms with Crippen molar-refractivity contribution >= 4 is 0 Å². The fourth-order valence-electron chi connectivity index (χ4n) is 1.34. The van der Waals surface area contributed by atoms with E-state index in [-0.39, 0.29) is 0 Å². The highest BCUT2D eigenvalue weighted by Gasteiger charge is 2.06. The lowest BCUT2D eigenvalue weighted by Gasteiger charge is -2.24. The number of rotatable bonds is 2. The van der Waals surface area contributed by atoms with Crippen LogP contribution in [-0.4, -0.2) is 29.6 Å². The molecule has 1 fully saturated rings. The summed E-state index contributed by atoms with van der Waals surface area (Å²) in [7, 11) is 0. The van der Waals surface area contributed by atoms with Gasteiger partial charge in [-0.1, -0.05) is 6.42 Å². The monoisotopic (exact) mass is 141 g/mol. The third-order valence-electron chi connectivity index (χ3n) is 1.92. The summed E-state index contributed by atoms with van der Waals surface area (Å²) in [5.74, 6) is 0. The first kappa shape index (κ1) is 7.61. The molecule has 0 aromatic heterocycles. The van der Waals surface area contributed by atoms with Crippen LogP contribution in [0.15, 0.2) is 12.3 Å². The predicted octanol–water partition coefficient (Wildman–Crippen LogP) is 1.54. The Labute approximate surface area is 62.2 Å². The van der Waals surface area contributed by atoms with E-state index in [4.69, 9.17) is 5.11 Å². The zero-order chi connectivity index (χ0) is 7.23. The molecule has 0 saturated carbocycles. The summed E-state index contributed by atoms with van der Waals surface area (Å²) in [6.07, 6.45) is 6.94. The van der Waals surface area contributed by atoms with E-state index in [0.717, 1.165) is 12.8 Å². The molecule has 10 heavy (non-hydrogen) atoms. The minimum atomic E-state index is 0.913. The molecule has 1 aliphatic rings. The van der Waals surface area contributed by atoms with Gasteiger partial charge >= 0.3 is 0 Å². The Balaban J connectivity index is 2.13. The highest BCUT2D eigenvalue weighted by Crippen LogP contribution is 2.07. The van der Waals surface area contributed by atoms with Crippen LogP contribution in [0, 0.1) is 0 Å². The van der Waals surface area contributed by atoms with Crippen LogP contribution in [-0.2, 0) is 0 Å². The molecular weight excluding hydrogens is 126 g/mol. The van der Waals surface area contributed by atoms with Crippen LogP contribution in [0.25, 0.3) is 0 Å². The molecule has 1 aliphatic heterocycles. The van der Waals surface area contributed by atoms with Gasteiger partial charge in [0.2, 0.25) is 0 Å². The zero-order valence-corrected chi connectivity index (χ0v) is 6.29. The molecule has 1 rings (SSSR count). The molecule has 2 nitrogen and oxygen atoms in total. The van der Waals surface area contributed by atoms with Gasteiger partial charge in [-0.25, -0.2) is 0 Å². The number of nitrogens with zero attached hydrogens (tertiary/aromatic N) is 1. The van der Waals surface area contributed by atoms with Crippen LogP contribution in [0.1, 0.15) is 19.3 Å². The van der Waals surface area contributed by atoms with Crippen molar-refractivity contribution in [2.75, 3.05) is 19.6 Å². The van der Waals surface area contributed by atoms with Gasteiger partial charge in [-0.05, 0) is 32.0 Å². The van der Waals surface area contributed by atoms with Gasteiger partial charge in [0.05, 0.1) is 6.26 Å². The Hall–Kier alpha value is -0.500. The molecule has 0 unspecified atom stereocenters. The van der Waals surface area contributed by atoms with Crippen LogP contribution in [0.2, 0.25) is 0 Å². The molecule has 0 atom stereocenters. The molecule has 0 aliphatic carbocycles. The fraction of sp³-hybridized carbons (Fsp3) is 0.750. The Morgan fingerprint density at radius 1 is 1.20 bits per heavy atom. The van der Waals surface area contributed by atoms with Crippen molar-refractivity contribution in [3.8, 4) is 0 Å². The van der Waals surface area contributed by atoms with Crippen molar-refractivity contribution in [1.29, 1.82) is 0 Å². The van der Waals surface area contributed by atoms with Crippen LogP contribution < -0.4 is 0 Å². The van der Waals surface area contributed by atoms with Crippen molar-refractivity contribution in [3.05, 3.63) is 12.3 Å². The van der Waals surface area contributed by atoms with Crippen molar-refractivity contribution < 1.29 is 5.11 Å². The topological polar surface area (TPSA) is 23.5 Å². The SMILES string of the molecule is OC=CCN1CCCCC1. The molecule has 0 amide bonds. The Morgan fingerprint density at radius 2 is 1.90 bits per heavy atom. The first-order chi connectivity index (χ1) is 4.93. The molecule has 1 N–H and O–H groups in total. The van der Waals surface area contributed by atoms with E-state index < -0.39 is 0 Å². The molecule has 0 aromatic carbocycles. The summed E-state index contributed by atoms with van der Waals surface area (Å²) in [4.78, 5) is 2.36. The molecule has 1 heterocycles. The van der Waals surface area contributed by atoms with Gasteiger partial charge in [0, 0.05) is 6.54 Å². The van der Waals surface area contributed by atoms with Gasteiger partial charge in [-0.15, -0.1) is 0 Å². The Kier molecular flexibility index (Phi) is 3.30. The minimum absolute atomic E-state index is 0.913. The van der Waals surface area contributed by atoms with E-state index in [9.17, 15) is 0 Å². The van der Waals surface area contributed by atoms with E-state index in [0.29, 0.717) is 0 Å². The van der Waals surface area contributed by atoms with Crippen molar-refractivity contribution in [3.63, 3.8) is 0 Å². The number of aliphatic hydroxyl groups is 1. The van der Waals surface area contributed by atoms with Crippen LogP contribution in [0.4, 0.5) is 0 Å². The molecule has 0 radical (unpaired) electrons. The van der Waals surface area contributed by atoms with E-state index in [1.807, 2.05) is 0 Å². The van der Waals surface area contributed by atoms with Crippen molar-refractivity contribution in [1.82, 2.24) is 4.90 Å². The number of hydrogen-bond acceptors (Lipinski definition) is 2. The maximum absolute atomic E-state index is 8.39. The predicted molar refractivity (Wildman–Crippen MR) is 42.1 cm³/mol. The zero-order valence-electron chi connectivity index (χ0n) is 6.29. The maximum atomic E-state index is 8.39. The Morgan fingerprint density at radius 3 is 2.50 bits per heavy atom. The van der Waals surface area contributed by atoms with E-state index in [1.165, 1.54) is 32.4 Å². The van der Waals surface area contributed by atoms with Crippen LogP contribution >= 0.6 is 0 Å². The average molecular weight is 141 g/mol. The molecule has 58 valence electrons. The summed E-state index contributed by atoms with van der Waals surface area (Å²) in [5, 5.41) is 8.39. The average Bonchev–Trinajstić information content (AvgIpc) is 2.03. The minimum Gasteiger partial charge on any atom is -0.516 e. The van der Waals surface area contributed by atoms with Gasteiger partial charge < -0.3 is 5.11 Å². The van der Waals surface area contributed by atoms with E-state index in [1.54, 1.807) is 6.08 Å². The Bertz CT molecular complexity index is 106. The lowest BCUT2D eigenvalue weighted by atomic mass is 10.1. The second-order valence-electron chi connectivity index (χ2n) is 2.75. The third-order valence-corrected chi connectivity index (χ3v) is 1.92. The quantitative estimate of drug-likeness (QED) is 0.590. The van der Waals surface area contributed by atoms with Gasteiger partial charge in [-0.3, -0.25) is 4.90 Å². The van der Waals surface area contributed by atoms with Crippen molar-refractivity contribution in [2.24, 2.45) is 0 Å². The number of aliphatic hydroxyl groups excluding tert-OH is 1. The number of likely N-dealkylation sites (tertiary alicyclic amines) is 1. The molecule has 2 heteroatoms. The summed E-state index contributed by atoms with van der Waals surface area (Å²) in [6.45, 7) is 3.31. The molecule has 0 bridgehead atoms. The smallest absolute Gasteiger partial charge is 0.0764 e. The van der Waals surface area contributed by atoms with Gasteiger partial charge in [0.1, 0.15) is 0 Å². The lowest BCUT2D eigenvalue weighted by molar-refractivity contribution is 0.250. The largest absolute Gasteiger partial charge is 0.516 e. The van der Waals surface area contributed by atoms with Gasteiger partial charge in [0.25, 0.3) is 0 Å². The molecule has 1 saturated heterocycles. The maximum Gasteiger partial charge on any atom is 0.0764 e. The molecule has 0 aromatic rings. The summed E-state index contributed by atoms with van der Waals surface area (Å²) in [5.41, 5.74) is 0. The first-order valence-electron chi connectivity index (χ1n) is 3.95. The van der Waals surface area contributed by atoms with Gasteiger partial charge in [0.15, 0.2) is 0 Å². The summed E-state index contributed by atoms with van der Waals surface area (Å²) in [6, 6.07) is 0. The summed E-state index contributed by atoms with van der Waals surface area (Å²) < 4.78 is 0. The molecule has 0 spiro atoms. The van der Waals surface area contributed by atoms with Crippen LogP contribution in [0.5, 0.6) is 0 Å². The second-order valence-corrected chi connectivity index (χ2v) is 2.75. The summed E-state index contributed by atoms with van der Waals surface area (Å²) >= 11 is 0.